The lowest BCUT2D eigenvalue weighted by Gasteiger charge is -2.33. The molecule has 0 spiro atoms. The van der Waals surface area contributed by atoms with Crippen molar-refractivity contribution in [1.29, 1.82) is 0 Å². The van der Waals surface area contributed by atoms with E-state index in [2.05, 4.69) is 19.1 Å². The zero-order valence-electron chi connectivity index (χ0n) is 12.8. The largest absolute Gasteiger partial charge is 0.508 e. The van der Waals surface area contributed by atoms with Crippen LogP contribution in [0.3, 0.4) is 0 Å². The SMILES string of the molecule is CCO[Si](OCC)(OCC)C(C)c1cccc(CCl)c1. The molecule has 114 valence electrons. The molecule has 5 heteroatoms. The fourth-order valence-corrected chi connectivity index (χ4v) is 5.21. The lowest BCUT2D eigenvalue weighted by atomic mass is 10.1. The third-order valence-electron chi connectivity index (χ3n) is 3.17. The maximum atomic E-state index is 5.96. The fourth-order valence-electron chi connectivity index (χ4n) is 2.25. The first-order valence-electron chi connectivity index (χ1n) is 7.20. The predicted octanol–water partition coefficient (Wildman–Crippen LogP) is 4.12. The van der Waals surface area contributed by atoms with Gasteiger partial charge in [0.2, 0.25) is 0 Å². The second-order valence-electron chi connectivity index (χ2n) is 4.50. The van der Waals surface area contributed by atoms with Gasteiger partial charge in [-0.15, -0.1) is 11.6 Å². The number of halogens is 1. The van der Waals surface area contributed by atoms with E-state index in [1.54, 1.807) is 0 Å². The molecule has 0 aromatic heterocycles. The highest BCUT2D eigenvalue weighted by atomic mass is 35.5. The van der Waals surface area contributed by atoms with E-state index in [0.29, 0.717) is 25.7 Å². The molecule has 0 saturated carbocycles. The standard InChI is InChI=1S/C15H25ClO3Si/c1-5-17-20(18-6-2,19-7-3)13(4)15-10-8-9-14(11-15)12-16/h8-11,13H,5-7,12H2,1-4H3. The van der Waals surface area contributed by atoms with Gasteiger partial charge in [0.25, 0.3) is 0 Å². The van der Waals surface area contributed by atoms with Gasteiger partial charge in [0.15, 0.2) is 0 Å². The van der Waals surface area contributed by atoms with Crippen molar-refractivity contribution in [2.45, 2.75) is 39.1 Å². The molecule has 0 aliphatic carbocycles. The topological polar surface area (TPSA) is 27.7 Å². The van der Waals surface area contributed by atoms with E-state index < -0.39 is 8.80 Å². The zero-order valence-corrected chi connectivity index (χ0v) is 14.6. The Balaban J connectivity index is 3.09. The summed E-state index contributed by atoms with van der Waals surface area (Å²) in [5.74, 6) is 0.507. The van der Waals surface area contributed by atoms with Gasteiger partial charge in [-0.3, -0.25) is 0 Å². The zero-order chi connectivity index (χ0) is 15.0. The van der Waals surface area contributed by atoms with Crippen molar-refractivity contribution < 1.29 is 13.3 Å². The Bertz CT molecular complexity index is 383. The van der Waals surface area contributed by atoms with Crippen LogP contribution in [0.2, 0.25) is 0 Å². The quantitative estimate of drug-likeness (QED) is 0.507. The third-order valence-corrected chi connectivity index (χ3v) is 6.95. The van der Waals surface area contributed by atoms with Gasteiger partial charge in [-0.1, -0.05) is 31.2 Å². The number of benzene rings is 1. The van der Waals surface area contributed by atoms with Crippen LogP contribution in [-0.2, 0) is 19.2 Å². The molecule has 1 aromatic carbocycles. The van der Waals surface area contributed by atoms with Gasteiger partial charge in [0.1, 0.15) is 0 Å². The second-order valence-corrected chi connectivity index (χ2v) is 7.71. The van der Waals surface area contributed by atoms with Crippen LogP contribution in [0, 0.1) is 0 Å². The van der Waals surface area contributed by atoms with Crippen LogP contribution < -0.4 is 0 Å². The average molecular weight is 317 g/mol. The molecule has 1 atom stereocenters. The molecule has 1 aromatic rings. The molecule has 0 radical (unpaired) electrons. The van der Waals surface area contributed by atoms with Crippen molar-refractivity contribution in [3.63, 3.8) is 0 Å². The van der Waals surface area contributed by atoms with E-state index >= 15 is 0 Å². The molecule has 1 rings (SSSR count). The summed E-state index contributed by atoms with van der Waals surface area (Å²) in [6, 6.07) is 8.23. The van der Waals surface area contributed by atoms with Crippen LogP contribution in [0.1, 0.15) is 44.4 Å². The monoisotopic (exact) mass is 316 g/mol. The summed E-state index contributed by atoms with van der Waals surface area (Å²) in [4.78, 5) is 0. The van der Waals surface area contributed by atoms with Crippen molar-refractivity contribution in [3.05, 3.63) is 35.4 Å². The predicted molar refractivity (Wildman–Crippen MR) is 85.0 cm³/mol. The van der Waals surface area contributed by atoms with E-state index in [1.807, 2.05) is 32.9 Å². The molecule has 20 heavy (non-hydrogen) atoms. The van der Waals surface area contributed by atoms with Gasteiger partial charge in [-0.25, -0.2) is 0 Å². The second kappa shape index (κ2) is 8.80. The molecular weight excluding hydrogens is 292 g/mol. The van der Waals surface area contributed by atoms with Crippen LogP contribution in [0.25, 0.3) is 0 Å². The first-order valence-corrected chi connectivity index (χ1v) is 9.53. The van der Waals surface area contributed by atoms with E-state index in [4.69, 9.17) is 24.9 Å². The van der Waals surface area contributed by atoms with Crippen LogP contribution >= 0.6 is 11.6 Å². The molecule has 0 saturated heterocycles. The lowest BCUT2D eigenvalue weighted by molar-refractivity contribution is 0.0633. The first kappa shape index (κ1) is 17.7. The number of hydrogen-bond donors (Lipinski definition) is 0. The van der Waals surface area contributed by atoms with E-state index in [1.165, 1.54) is 0 Å². The van der Waals surface area contributed by atoms with Crippen molar-refractivity contribution >= 4 is 20.4 Å². The summed E-state index contributed by atoms with van der Waals surface area (Å²) in [5, 5.41) is 0. The molecule has 3 nitrogen and oxygen atoms in total. The summed E-state index contributed by atoms with van der Waals surface area (Å²) in [6.45, 7) is 9.80. The number of alkyl halides is 1. The maximum absolute atomic E-state index is 5.96. The minimum atomic E-state index is -2.72. The maximum Gasteiger partial charge on any atom is 0.508 e. The van der Waals surface area contributed by atoms with Crippen molar-refractivity contribution in [1.82, 2.24) is 0 Å². The van der Waals surface area contributed by atoms with Crippen LogP contribution in [-0.4, -0.2) is 28.6 Å². The molecule has 0 amide bonds. The van der Waals surface area contributed by atoms with Crippen molar-refractivity contribution in [3.8, 4) is 0 Å². The van der Waals surface area contributed by atoms with Crippen molar-refractivity contribution in [2.75, 3.05) is 19.8 Å². The van der Waals surface area contributed by atoms with E-state index in [-0.39, 0.29) is 5.54 Å². The minimum absolute atomic E-state index is 0.0884. The number of hydrogen-bond acceptors (Lipinski definition) is 3. The first-order chi connectivity index (χ1) is 9.63. The summed E-state index contributed by atoms with van der Waals surface area (Å²) < 4.78 is 17.9. The highest BCUT2D eigenvalue weighted by molar-refractivity contribution is 6.62. The summed E-state index contributed by atoms with van der Waals surface area (Å²) in [5.41, 5.74) is 2.35. The summed E-state index contributed by atoms with van der Waals surface area (Å²) in [6.07, 6.45) is 0. The van der Waals surface area contributed by atoms with Crippen molar-refractivity contribution in [2.24, 2.45) is 0 Å². The average Bonchev–Trinajstić information content (AvgIpc) is 2.47. The van der Waals surface area contributed by atoms with E-state index in [0.717, 1.165) is 11.1 Å². The fraction of sp³-hybridized carbons (Fsp3) is 0.600. The molecule has 0 N–H and O–H groups in total. The summed E-state index contributed by atoms with van der Waals surface area (Å²) in [7, 11) is -2.72. The lowest BCUT2D eigenvalue weighted by Crippen LogP contribution is -2.51. The Kier molecular flexibility index (Phi) is 7.77. The van der Waals surface area contributed by atoms with Gasteiger partial charge in [-0.05, 0) is 31.9 Å². The Morgan fingerprint density at radius 3 is 2.05 bits per heavy atom. The Morgan fingerprint density at radius 1 is 1.05 bits per heavy atom. The highest BCUT2D eigenvalue weighted by Crippen LogP contribution is 2.30. The number of rotatable bonds is 9. The third kappa shape index (κ3) is 4.30. The van der Waals surface area contributed by atoms with E-state index in [9.17, 15) is 0 Å². The van der Waals surface area contributed by atoms with Gasteiger partial charge in [0.05, 0.1) is 5.54 Å². The Labute approximate surface area is 128 Å². The highest BCUT2D eigenvalue weighted by Gasteiger charge is 2.47. The van der Waals surface area contributed by atoms with Crippen LogP contribution in [0.15, 0.2) is 24.3 Å². The van der Waals surface area contributed by atoms with Gasteiger partial charge in [-0.2, -0.15) is 0 Å². The van der Waals surface area contributed by atoms with Gasteiger partial charge >= 0.3 is 8.80 Å². The van der Waals surface area contributed by atoms with Gasteiger partial charge < -0.3 is 13.3 Å². The molecule has 0 heterocycles. The molecule has 0 aliphatic rings. The Morgan fingerprint density at radius 2 is 1.60 bits per heavy atom. The summed E-state index contributed by atoms with van der Waals surface area (Å²) >= 11 is 5.92. The normalized spacial score (nSPS) is 13.4. The molecular formula is C15H25ClO3Si. The molecule has 0 bridgehead atoms. The molecule has 1 unspecified atom stereocenters. The Hall–Kier alpha value is -0.393. The van der Waals surface area contributed by atoms with Crippen LogP contribution in [0.4, 0.5) is 0 Å². The minimum Gasteiger partial charge on any atom is -0.373 e. The molecule has 0 fully saturated rings. The molecule has 0 aliphatic heterocycles. The van der Waals surface area contributed by atoms with Crippen LogP contribution in [0.5, 0.6) is 0 Å². The smallest absolute Gasteiger partial charge is 0.373 e. The van der Waals surface area contributed by atoms with Gasteiger partial charge in [0, 0.05) is 25.7 Å².